The number of hydrogen-bond donors (Lipinski definition) is 3. The van der Waals surface area contributed by atoms with E-state index in [4.69, 9.17) is 9.47 Å². The van der Waals surface area contributed by atoms with E-state index in [2.05, 4.69) is 5.32 Å². The van der Waals surface area contributed by atoms with Crippen molar-refractivity contribution >= 4 is 18.1 Å². The first-order valence-corrected chi connectivity index (χ1v) is 13.5. The number of methoxy groups -OCH3 is 1. The van der Waals surface area contributed by atoms with Crippen molar-refractivity contribution in [2.45, 2.75) is 56.8 Å². The minimum absolute atomic E-state index is 0.00487. The van der Waals surface area contributed by atoms with Gasteiger partial charge in [0.1, 0.15) is 24.3 Å². The minimum atomic E-state index is -1.23. The smallest absolute Gasteiger partial charge is 0.247 e. The zero-order valence-electron chi connectivity index (χ0n) is 22.6. The summed E-state index contributed by atoms with van der Waals surface area (Å²) in [6.45, 7) is 1.88. The van der Waals surface area contributed by atoms with E-state index >= 15 is 0 Å². The Morgan fingerprint density at radius 2 is 2.05 bits per heavy atom. The lowest BCUT2D eigenvalue weighted by atomic mass is 9.77. The van der Waals surface area contributed by atoms with Gasteiger partial charge in [-0.25, -0.2) is 4.39 Å². The molecule has 0 saturated carbocycles. The van der Waals surface area contributed by atoms with Crippen molar-refractivity contribution in [2.24, 2.45) is 0 Å². The van der Waals surface area contributed by atoms with Crippen LogP contribution in [0.25, 0.3) is 0 Å². The molecule has 1 heterocycles. The summed E-state index contributed by atoms with van der Waals surface area (Å²) in [5.41, 5.74) is 1.77. The summed E-state index contributed by atoms with van der Waals surface area (Å²) < 4.78 is 25.5. The Balaban J connectivity index is 1.76. The van der Waals surface area contributed by atoms with Gasteiger partial charge in [0.05, 0.1) is 25.7 Å². The Morgan fingerprint density at radius 1 is 1.25 bits per heavy atom. The van der Waals surface area contributed by atoms with E-state index in [0.717, 1.165) is 6.42 Å². The quantitative estimate of drug-likeness (QED) is 0.345. The van der Waals surface area contributed by atoms with Gasteiger partial charge < -0.3 is 29.9 Å². The maximum absolute atomic E-state index is 13.8. The second-order valence-electron chi connectivity index (χ2n) is 9.97. The summed E-state index contributed by atoms with van der Waals surface area (Å²) in [5, 5.41) is 23.6. The minimum Gasteiger partial charge on any atom is -0.493 e. The van der Waals surface area contributed by atoms with Crippen LogP contribution in [0.2, 0.25) is 0 Å². The number of carbonyl (C=O) groups excluding carboxylic acids is 3. The standard InChI is InChI=1S/C30H35FN2O7/c1-3-4-8-25(36)33(11-9-18-6-5-7-20(31)13-18)23-16-22(30(38)32-10-12-34)26-21-14-19(17-35)15-24(39-2)28(21)40-29(26)27(23)37/h5-7,13-17,23,26-27,29,34,37H,3-4,8-12H2,1-2H3,(H,32,38)/t23-,26+,27+,29+/m1/s1. The molecule has 10 heteroatoms. The summed E-state index contributed by atoms with van der Waals surface area (Å²) in [5.74, 6) is -1.22. The first-order valence-electron chi connectivity index (χ1n) is 13.5. The third-order valence-corrected chi connectivity index (χ3v) is 7.37. The molecule has 0 unspecified atom stereocenters. The molecule has 1 aliphatic heterocycles. The zero-order chi connectivity index (χ0) is 28.8. The van der Waals surface area contributed by atoms with E-state index in [-0.39, 0.29) is 49.2 Å². The molecule has 40 heavy (non-hydrogen) atoms. The van der Waals surface area contributed by atoms with Gasteiger partial charge in [0.25, 0.3) is 0 Å². The molecule has 2 aromatic carbocycles. The van der Waals surface area contributed by atoms with Gasteiger partial charge in [-0.1, -0.05) is 25.5 Å². The van der Waals surface area contributed by atoms with E-state index in [1.54, 1.807) is 24.3 Å². The number of benzene rings is 2. The van der Waals surface area contributed by atoms with Crippen molar-refractivity contribution in [1.29, 1.82) is 0 Å². The fourth-order valence-electron chi connectivity index (χ4n) is 5.41. The summed E-state index contributed by atoms with van der Waals surface area (Å²) in [7, 11) is 1.43. The van der Waals surface area contributed by atoms with Gasteiger partial charge in [-0.05, 0) is 48.7 Å². The molecule has 0 radical (unpaired) electrons. The highest BCUT2D eigenvalue weighted by Gasteiger charge is 2.51. The van der Waals surface area contributed by atoms with Gasteiger partial charge in [-0.3, -0.25) is 14.4 Å². The summed E-state index contributed by atoms with van der Waals surface area (Å²) >= 11 is 0. The second kappa shape index (κ2) is 13.1. The molecular formula is C30H35FN2O7. The van der Waals surface area contributed by atoms with Crippen molar-refractivity contribution in [3.05, 3.63) is 70.6 Å². The number of nitrogens with zero attached hydrogens (tertiary/aromatic N) is 1. The highest BCUT2D eigenvalue weighted by molar-refractivity contribution is 5.96. The number of nitrogens with one attached hydrogen (secondary N) is 1. The van der Waals surface area contributed by atoms with Gasteiger partial charge in [0.15, 0.2) is 11.5 Å². The highest BCUT2D eigenvalue weighted by atomic mass is 19.1. The second-order valence-corrected chi connectivity index (χ2v) is 9.97. The van der Waals surface area contributed by atoms with Gasteiger partial charge in [-0.15, -0.1) is 0 Å². The Kier molecular flexibility index (Phi) is 9.54. The summed E-state index contributed by atoms with van der Waals surface area (Å²) in [4.78, 5) is 40.0. The van der Waals surface area contributed by atoms with E-state index in [0.29, 0.717) is 41.6 Å². The maximum Gasteiger partial charge on any atom is 0.247 e. The average Bonchev–Trinajstić information content (AvgIpc) is 3.35. The van der Waals surface area contributed by atoms with E-state index < -0.39 is 30.1 Å². The van der Waals surface area contributed by atoms with Crippen molar-refractivity contribution in [3.63, 3.8) is 0 Å². The number of carbonyl (C=O) groups is 3. The van der Waals surface area contributed by atoms with Crippen LogP contribution in [0.4, 0.5) is 4.39 Å². The molecule has 214 valence electrons. The van der Waals surface area contributed by atoms with Crippen molar-refractivity contribution in [2.75, 3.05) is 26.8 Å². The van der Waals surface area contributed by atoms with Crippen LogP contribution in [-0.2, 0) is 16.0 Å². The Bertz CT molecular complexity index is 1280. The average molecular weight is 555 g/mol. The van der Waals surface area contributed by atoms with Crippen molar-refractivity contribution in [3.8, 4) is 11.5 Å². The van der Waals surface area contributed by atoms with E-state index in [1.165, 1.54) is 30.2 Å². The predicted octanol–water partition coefficient (Wildman–Crippen LogP) is 2.53. The SMILES string of the molecule is CCCCC(=O)N(CCc1cccc(F)c1)[C@@H]1C=C(C(=O)NCCO)[C@@H]2c3cc(C=O)cc(OC)c3O[C@@H]2[C@H]1O. The molecule has 4 rings (SSSR count). The number of fused-ring (bicyclic) bond motifs is 3. The zero-order valence-corrected chi connectivity index (χ0v) is 22.6. The fraction of sp³-hybridized carbons (Fsp3) is 0.433. The predicted molar refractivity (Wildman–Crippen MR) is 145 cm³/mol. The lowest BCUT2D eigenvalue weighted by Crippen LogP contribution is -2.56. The van der Waals surface area contributed by atoms with Crippen molar-refractivity contribution in [1.82, 2.24) is 10.2 Å². The fourth-order valence-corrected chi connectivity index (χ4v) is 5.41. The molecule has 2 aliphatic rings. The van der Waals surface area contributed by atoms with Crippen molar-refractivity contribution < 1.29 is 38.5 Å². The normalized spacial score (nSPS) is 21.0. The summed E-state index contributed by atoms with van der Waals surface area (Å²) in [6.07, 6.45) is 2.08. The topological polar surface area (TPSA) is 125 Å². The lowest BCUT2D eigenvalue weighted by molar-refractivity contribution is -0.137. The molecule has 2 aromatic rings. The van der Waals surface area contributed by atoms with Crippen LogP contribution in [0.1, 0.15) is 53.6 Å². The highest BCUT2D eigenvalue weighted by Crippen LogP contribution is 2.51. The number of aliphatic hydroxyl groups excluding tert-OH is 2. The number of ether oxygens (including phenoxy) is 2. The molecule has 0 spiro atoms. The molecular weight excluding hydrogens is 519 g/mol. The monoisotopic (exact) mass is 554 g/mol. The van der Waals surface area contributed by atoms with Crippen LogP contribution in [0, 0.1) is 5.82 Å². The largest absolute Gasteiger partial charge is 0.493 e. The lowest BCUT2D eigenvalue weighted by Gasteiger charge is -2.41. The van der Waals surface area contributed by atoms with E-state index in [9.17, 15) is 29.0 Å². The van der Waals surface area contributed by atoms with Gasteiger partial charge in [0, 0.05) is 36.2 Å². The molecule has 3 N–H and O–H groups in total. The number of aliphatic hydroxyl groups is 2. The number of halogens is 1. The van der Waals surface area contributed by atoms with Crippen LogP contribution >= 0.6 is 0 Å². The number of unbranched alkanes of at least 4 members (excludes halogenated alkanes) is 1. The molecule has 4 atom stereocenters. The van der Waals surface area contributed by atoms with Gasteiger partial charge in [0.2, 0.25) is 11.8 Å². The van der Waals surface area contributed by atoms with Crippen LogP contribution in [0.15, 0.2) is 48.0 Å². The molecule has 0 bridgehead atoms. The third kappa shape index (κ3) is 6.03. The van der Waals surface area contributed by atoms with E-state index in [1.807, 2.05) is 6.92 Å². The first-order chi connectivity index (χ1) is 19.3. The third-order valence-electron chi connectivity index (χ3n) is 7.37. The Hall–Kier alpha value is -3.76. The summed E-state index contributed by atoms with van der Waals surface area (Å²) in [6, 6.07) is 8.31. The number of hydrogen-bond acceptors (Lipinski definition) is 7. The first kappa shape index (κ1) is 29.2. The molecule has 0 saturated heterocycles. The Labute approximate surface area is 232 Å². The molecule has 1 aliphatic carbocycles. The van der Waals surface area contributed by atoms with Crippen LogP contribution < -0.4 is 14.8 Å². The molecule has 9 nitrogen and oxygen atoms in total. The molecule has 0 fully saturated rings. The van der Waals surface area contributed by atoms with Gasteiger partial charge >= 0.3 is 0 Å². The van der Waals surface area contributed by atoms with Crippen LogP contribution in [0.5, 0.6) is 11.5 Å². The number of rotatable bonds is 12. The maximum atomic E-state index is 13.8. The number of amides is 2. The number of aldehydes is 1. The van der Waals surface area contributed by atoms with Crippen LogP contribution in [-0.4, -0.2) is 78.3 Å². The molecule has 0 aromatic heterocycles. The van der Waals surface area contributed by atoms with Crippen LogP contribution in [0.3, 0.4) is 0 Å². The molecule has 2 amide bonds. The van der Waals surface area contributed by atoms with Gasteiger partial charge in [-0.2, -0.15) is 0 Å². The Morgan fingerprint density at radius 3 is 2.73 bits per heavy atom.